The smallest absolute Gasteiger partial charge is 0.187 e. The molecule has 0 amide bonds. The van der Waals surface area contributed by atoms with Crippen molar-refractivity contribution in [3.05, 3.63) is 58.7 Å². The molecule has 0 bridgehead atoms. The lowest BCUT2D eigenvalue weighted by Gasteiger charge is -2.08. The summed E-state index contributed by atoms with van der Waals surface area (Å²) in [5.41, 5.74) is 6.40. The molecule has 2 rings (SSSR count). The van der Waals surface area contributed by atoms with E-state index in [1.54, 1.807) is 13.3 Å². The van der Waals surface area contributed by atoms with Gasteiger partial charge in [-0.1, -0.05) is 12.1 Å². The van der Waals surface area contributed by atoms with E-state index in [0.717, 1.165) is 28.0 Å². The normalized spacial score (nSPS) is 10.6. The van der Waals surface area contributed by atoms with Gasteiger partial charge in [0, 0.05) is 6.54 Å². The van der Waals surface area contributed by atoms with E-state index in [4.69, 9.17) is 17.0 Å². The van der Waals surface area contributed by atoms with Gasteiger partial charge in [0.25, 0.3) is 0 Å². The van der Waals surface area contributed by atoms with Crippen molar-refractivity contribution < 1.29 is 9.84 Å². The number of phenolic OH excluding ortho intramolecular Hbond substituents is 1. The number of benzene rings is 2. The molecule has 24 heavy (non-hydrogen) atoms. The topological polar surface area (TPSA) is 65.9 Å². The maximum atomic E-state index is 9.76. The Morgan fingerprint density at radius 3 is 2.42 bits per heavy atom. The van der Waals surface area contributed by atoms with Crippen LogP contribution >= 0.6 is 12.2 Å². The number of aromatic hydroxyl groups is 1. The lowest BCUT2D eigenvalue weighted by Crippen LogP contribution is -2.31. The van der Waals surface area contributed by atoms with E-state index in [9.17, 15) is 5.11 Å². The van der Waals surface area contributed by atoms with Crippen LogP contribution in [0, 0.1) is 13.8 Å². The van der Waals surface area contributed by atoms with Crippen LogP contribution in [0.3, 0.4) is 0 Å². The Bertz CT molecular complexity index is 719. The quantitative estimate of drug-likeness (QED) is 0.442. The molecule has 2 aromatic carbocycles. The number of aryl methyl sites for hydroxylation is 2. The minimum absolute atomic E-state index is 0.316. The molecule has 0 saturated heterocycles. The van der Waals surface area contributed by atoms with E-state index in [-0.39, 0.29) is 0 Å². The van der Waals surface area contributed by atoms with E-state index >= 15 is 0 Å². The van der Waals surface area contributed by atoms with Gasteiger partial charge in [0.1, 0.15) is 11.5 Å². The Hall–Kier alpha value is -2.60. The standard InChI is InChI=1S/C18H21N3O2S/c1-12-8-15(9-13(2)17(12)22)11-20-21-18(24)19-10-14-4-6-16(23-3)7-5-14/h4-9,11,22H,10H2,1-3H3,(H2,19,21,24)/b20-11+. The molecule has 0 spiro atoms. The number of rotatable bonds is 5. The number of hydrogen-bond acceptors (Lipinski definition) is 4. The number of thiocarbonyl (C=S) groups is 1. The Balaban J connectivity index is 1.84. The molecule has 6 heteroatoms. The number of hydrogen-bond donors (Lipinski definition) is 3. The fourth-order valence-electron chi connectivity index (χ4n) is 2.19. The molecule has 0 aliphatic heterocycles. The Labute approximate surface area is 147 Å². The molecule has 0 fully saturated rings. The second-order valence-electron chi connectivity index (χ2n) is 5.40. The first kappa shape index (κ1) is 17.7. The fourth-order valence-corrected chi connectivity index (χ4v) is 2.32. The lowest BCUT2D eigenvalue weighted by atomic mass is 10.1. The third-order valence-corrected chi connectivity index (χ3v) is 3.74. The zero-order valence-electron chi connectivity index (χ0n) is 14.0. The molecule has 0 heterocycles. The van der Waals surface area contributed by atoms with Gasteiger partial charge in [0.2, 0.25) is 0 Å². The number of hydrazone groups is 1. The van der Waals surface area contributed by atoms with E-state index in [1.165, 1.54) is 0 Å². The first-order chi connectivity index (χ1) is 11.5. The largest absolute Gasteiger partial charge is 0.507 e. The lowest BCUT2D eigenvalue weighted by molar-refractivity contribution is 0.414. The Morgan fingerprint density at radius 2 is 1.83 bits per heavy atom. The van der Waals surface area contributed by atoms with E-state index in [1.807, 2.05) is 50.2 Å². The van der Waals surface area contributed by atoms with Gasteiger partial charge >= 0.3 is 0 Å². The minimum Gasteiger partial charge on any atom is -0.507 e. The first-order valence-electron chi connectivity index (χ1n) is 7.49. The monoisotopic (exact) mass is 343 g/mol. The summed E-state index contributed by atoms with van der Waals surface area (Å²) >= 11 is 5.19. The molecular weight excluding hydrogens is 322 g/mol. The van der Waals surface area contributed by atoms with E-state index in [0.29, 0.717) is 17.4 Å². The van der Waals surface area contributed by atoms with Crippen molar-refractivity contribution in [2.24, 2.45) is 5.10 Å². The molecule has 0 atom stereocenters. The number of methoxy groups -OCH3 is 1. The summed E-state index contributed by atoms with van der Waals surface area (Å²) < 4.78 is 5.12. The Kier molecular flexibility index (Phi) is 6.14. The number of nitrogens with one attached hydrogen (secondary N) is 2. The van der Waals surface area contributed by atoms with Crippen LogP contribution in [0.1, 0.15) is 22.3 Å². The zero-order valence-corrected chi connectivity index (χ0v) is 14.8. The third kappa shape index (κ3) is 4.96. The summed E-state index contributed by atoms with van der Waals surface area (Å²) in [6.45, 7) is 4.31. The van der Waals surface area contributed by atoms with Crippen LogP contribution in [0.4, 0.5) is 0 Å². The summed E-state index contributed by atoms with van der Waals surface area (Å²) in [6.07, 6.45) is 1.67. The fraction of sp³-hybridized carbons (Fsp3) is 0.222. The summed E-state index contributed by atoms with van der Waals surface area (Å²) in [5.74, 6) is 1.14. The van der Waals surface area contributed by atoms with Gasteiger partial charge in [-0.2, -0.15) is 5.10 Å². The molecule has 0 radical (unpaired) electrons. The van der Waals surface area contributed by atoms with Crippen LogP contribution in [-0.2, 0) is 6.54 Å². The van der Waals surface area contributed by atoms with Gasteiger partial charge in [-0.25, -0.2) is 0 Å². The highest BCUT2D eigenvalue weighted by molar-refractivity contribution is 7.80. The molecule has 2 aromatic rings. The highest BCUT2D eigenvalue weighted by atomic mass is 32.1. The van der Waals surface area contributed by atoms with Crippen LogP contribution in [0.2, 0.25) is 0 Å². The van der Waals surface area contributed by atoms with Crippen molar-refractivity contribution >= 4 is 23.5 Å². The molecular formula is C18H21N3O2S. The summed E-state index contributed by atoms with van der Waals surface area (Å²) in [5, 5.41) is 17.4. The predicted molar refractivity (Wildman–Crippen MR) is 101 cm³/mol. The molecule has 0 aromatic heterocycles. The highest BCUT2D eigenvalue weighted by Gasteiger charge is 2.02. The highest BCUT2D eigenvalue weighted by Crippen LogP contribution is 2.21. The van der Waals surface area contributed by atoms with Crippen molar-refractivity contribution in [1.82, 2.24) is 10.7 Å². The van der Waals surface area contributed by atoms with Crippen LogP contribution in [0.15, 0.2) is 41.5 Å². The molecule has 5 nitrogen and oxygen atoms in total. The molecule has 0 aliphatic rings. The summed E-state index contributed by atoms with van der Waals surface area (Å²) in [4.78, 5) is 0. The zero-order chi connectivity index (χ0) is 17.5. The molecule has 0 unspecified atom stereocenters. The molecule has 126 valence electrons. The van der Waals surface area contributed by atoms with E-state index < -0.39 is 0 Å². The van der Waals surface area contributed by atoms with Gasteiger partial charge in [-0.15, -0.1) is 0 Å². The van der Waals surface area contributed by atoms with Crippen LogP contribution < -0.4 is 15.5 Å². The number of nitrogens with zero attached hydrogens (tertiary/aromatic N) is 1. The summed E-state index contributed by atoms with van der Waals surface area (Å²) in [6, 6.07) is 11.5. The predicted octanol–water partition coefficient (Wildman–Crippen LogP) is 3.02. The van der Waals surface area contributed by atoms with Crippen LogP contribution in [0.25, 0.3) is 0 Å². The van der Waals surface area contributed by atoms with Crippen LogP contribution in [0.5, 0.6) is 11.5 Å². The van der Waals surface area contributed by atoms with E-state index in [2.05, 4.69) is 15.8 Å². The summed E-state index contributed by atoms with van der Waals surface area (Å²) in [7, 11) is 1.64. The van der Waals surface area contributed by atoms with Crippen LogP contribution in [-0.4, -0.2) is 23.5 Å². The second-order valence-corrected chi connectivity index (χ2v) is 5.81. The van der Waals surface area contributed by atoms with Gasteiger partial charge in [0.15, 0.2) is 5.11 Å². The van der Waals surface area contributed by atoms with Crippen molar-refractivity contribution in [2.75, 3.05) is 7.11 Å². The third-order valence-electron chi connectivity index (χ3n) is 3.51. The SMILES string of the molecule is COc1ccc(CNC(=S)N/N=C/c2cc(C)c(O)c(C)c2)cc1. The maximum absolute atomic E-state index is 9.76. The van der Waals surface area contributed by atoms with Gasteiger partial charge in [-0.05, 0) is 72.6 Å². The van der Waals surface area contributed by atoms with Gasteiger partial charge in [-0.3, -0.25) is 5.43 Å². The van der Waals surface area contributed by atoms with Crippen molar-refractivity contribution in [1.29, 1.82) is 0 Å². The van der Waals surface area contributed by atoms with Crippen molar-refractivity contribution in [2.45, 2.75) is 20.4 Å². The Morgan fingerprint density at radius 1 is 1.21 bits per heavy atom. The van der Waals surface area contributed by atoms with Gasteiger partial charge < -0.3 is 15.2 Å². The second kappa shape index (κ2) is 8.31. The maximum Gasteiger partial charge on any atom is 0.187 e. The van der Waals surface area contributed by atoms with Crippen molar-refractivity contribution in [3.63, 3.8) is 0 Å². The average molecular weight is 343 g/mol. The molecule has 0 aliphatic carbocycles. The molecule has 3 N–H and O–H groups in total. The number of phenols is 1. The average Bonchev–Trinajstić information content (AvgIpc) is 2.58. The minimum atomic E-state index is 0.316. The van der Waals surface area contributed by atoms with Gasteiger partial charge in [0.05, 0.1) is 13.3 Å². The van der Waals surface area contributed by atoms with Crippen molar-refractivity contribution in [3.8, 4) is 11.5 Å². The number of ether oxygens (including phenoxy) is 1. The molecule has 0 saturated carbocycles. The first-order valence-corrected chi connectivity index (χ1v) is 7.90.